The number of likely N-dealkylation sites (N-methyl/N-ethyl adjacent to an activating group) is 1. The van der Waals surface area contributed by atoms with E-state index in [4.69, 9.17) is 5.11 Å². The average molecular weight is 257 g/mol. The van der Waals surface area contributed by atoms with Gasteiger partial charge in [-0.1, -0.05) is 0 Å². The highest BCUT2D eigenvalue weighted by atomic mass is 16.4. The molecule has 6 N–H and O–H groups in total. The van der Waals surface area contributed by atoms with Crippen molar-refractivity contribution in [1.82, 2.24) is 5.32 Å². The molecule has 7 nitrogen and oxygen atoms in total. The topological polar surface area (TPSA) is 130 Å². The number of phenols is 2. The van der Waals surface area contributed by atoms with Crippen molar-refractivity contribution in [3.05, 3.63) is 23.3 Å². The van der Waals surface area contributed by atoms with E-state index < -0.39 is 29.7 Å². The number of carboxylic acid groups (broad SMARTS) is 1. The van der Waals surface area contributed by atoms with E-state index in [1.54, 1.807) is 7.05 Å². The van der Waals surface area contributed by atoms with Crippen LogP contribution in [0.5, 0.6) is 11.5 Å². The maximum Gasteiger partial charge on any atom is 0.335 e. The number of aliphatic hydroxyl groups is 2. The maximum atomic E-state index is 10.7. The lowest BCUT2D eigenvalue weighted by Crippen LogP contribution is -2.29. The van der Waals surface area contributed by atoms with E-state index in [0.717, 1.165) is 12.1 Å². The predicted octanol–water partition coefficient (Wildman–Crippen LogP) is -0.590. The van der Waals surface area contributed by atoms with Crippen molar-refractivity contribution in [3.8, 4) is 11.5 Å². The molecule has 0 radical (unpaired) electrons. The third-order valence-corrected chi connectivity index (χ3v) is 2.46. The lowest BCUT2D eigenvalue weighted by Gasteiger charge is -2.20. The quantitative estimate of drug-likeness (QED) is 0.415. The number of phenolic OH excluding ortho intramolecular Hbond substituents is 2. The summed E-state index contributed by atoms with van der Waals surface area (Å²) in [6, 6.07) is 1.79. The van der Waals surface area contributed by atoms with Gasteiger partial charge >= 0.3 is 5.97 Å². The number of carbonyl (C=O) groups is 1. The van der Waals surface area contributed by atoms with Gasteiger partial charge in [-0.05, 0) is 19.2 Å². The highest BCUT2D eigenvalue weighted by Gasteiger charge is 2.25. The van der Waals surface area contributed by atoms with Gasteiger partial charge in [0.05, 0.1) is 17.2 Å². The van der Waals surface area contributed by atoms with Gasteiger partial charge in [-0.2, -0.15) is 0 Å². The van der Waals surface area contributed by atoms with Crippen LogP contribution in [0, 0.1) is 0 Å². The summed E-state index contributed by atoms with van der Waals surface area (Å²) in [7, 11) is 1.56. The fourth-order valence-electron chi connectivity index (χ4n) is 1.56. The van der Waals surface area contributed by atoms with Gasteiger partial charge in [-0.3, -0.25) is 0 Å². The van der Waals surface area contributed by atoms with E-state index in [1.807, 2.05) is 0 Å². The largest absolute Gasteiger partial charge is 0.507 e. The van der Waals surface area contributed by atoms with E-state index in [0.29, 0.717) is 0 Å². The molecule has 0 aliphatic rings. The molecule has 0 spiro atoms. The maximum absolute atomic E-state index is 10.7. The third-order valence-electron chi connectivity index (χ3n) is 2.46. The van der Waals surface area contributed by atoms with Crippen LogP contribution in [0.15, 0.2) is 12.1 Å². The van der Waals surface area contributed by atoms with E-state index in [1.165, 1.54) is 0 Å². The van der Waals surface area contributed by atoms with Crippen molar-refractivity contribution in [2.75, 3.05) is 13.6 Å². The van der Waals surface area contributed by atoms with E-state index in [-0.39, 0.29) is 17.7 Å². The summed E-state index contributed by atoms with van der Waals surface area (Å²) in [5.74, 6) is -2.50. The van der Waals surface area contributed by atoms with Crippen LogP contribution >= 0.6 is 0 Å². The molecule has 1 aromatic rings. The number of rotatable bonds is 5. The second kappa shape index (κ2) is 5.67. The van der Waals surface area contributed by atoms with Crippen LogP contribution in [-0.2, 0) is 0 Å². The molecule has 0 saturated heterocycles. The van der Waals surface area contributed by atoms with Crippen LogP contribution in [0.25, 0.3) is 0 Å². The minimum absolute atomic E-state index is 0.0424. The summed E-state index contributed by atoms with van der Waals surface area (Å²) in [4.78, 5) is 10.7. The lowest BCUT2D eigenvalue weighted by molar-refractivity contribution is 0.0175. The summed E-state index contributed by atoms with van der Waals surface area (Å²) in [5.41, 5.74) is -0.619. The van der Waals surface area contributed by atoms with Crippen molar-refractivity contribution >= 4 is 5.97 Å². The molecule has 0 aromatic heterocycles. The summed E-state index contributed by atoms with van der Waals surface area (Å²) in [5, 5.41) is 49.8. The van der Waals surface area contributed by atoms with Crippen molar-refractivity contribution < 1.29 is 30.3 Å². The van der Waals surface area contributed by atoms with Gasteiger partial charge in [0.2, 0.25) is 0 Å². The normalized spacial score (nSPS) is 14.2. The number of aliphatic hydroxyl groups excluding tert-OH is 2. The highest BCUT2D eigenvalue weighted by molar-refractivity contribution is 5.89. The summed E-state index contributed by atoms with van der Waals surface area (Å²) in [6.07, 6.45) is -2.78. The van der Waals surface area contributed by atoms with Crippen LogP contribution in [-0.4, -0.2) is 51.2 Å². The van der Waals surface area contributed by atoms with Crippen LogP contribution in [0.3, 0.4) is 0 Å². The molecule has 0 aliphatic carbocycles. The SMILES string of the molecule is CNCC(O)C(O)c1c(O)cc(C(=O)O)cc1O. The number of aromatic hydroxyl groups is 2. The minimum atomic E-state index is -1.53. The second-order valence-electron chi connectivity index (χ2n) is 3.80. The molecule has 0 amide bonds. The molecular formula is C11H15NO6. The molecule has 1 aromatic carbocycles. The average Bonchev–Trinajstić information content (AvgIpc) is 2.27. The molecule has 7 heteroatoms. The standard InChI is InChI=1S/C11H15NO6/c1-12-4-8(15)10(16)9-6(13)2-5(11(17)18)3-7(9)14/h2-3,8,10,12-16H,4H2,1H3,(H,17,18). The molecule has 0 fully saturated rings. The Hall–Kier alpha value is -1.83. The number of hydrogen-bond donors (Lipinski definition) is 6. The molecule has 0 bridgehead atoms. The number of aromatic carboxylic acids is 1. The van der Waals surface area contributed by atoms with Gasteiger partial charge in [0.15, 0.2) is 0 Å². The van der Waals surface area contributed by atoms with Gasteiger partial charge in [-0.25, -0.2) is 4.79 Å². The molecule has 2 unspecified atom stereocenters. The molecule has 18 heavy (non-hydrogen) atoms. The van der Waals surface area contributed by atoms with Crippen molar-refractivity contribution in [2.45, 2.75) is 12.2 Å². The van der Waals surface area contributed by atoms with Gasteiger partial charge < -0.3 is 30.8 Å². The number of nitrogens with one attached hydrogen (secondary N) is 1. The zero-order valence-corrected chi connectivity index (χ0v) is 9.66. The molecule has 0 saturated carbocycles. The van der Waals surface area contributed by atoms with E-state index in [9.17, 15) is 25.2 Å². The van der Waals surface area contributed by atoms with Gasteiger partial charge in [0.1, 0.15) is 17.6 Å². The first-order chi connectivity index (χ1) is 8.38. The molecule has 2 atom stereocenters. The monoisotopic (exact) mass is 257 g/mol. The Morgan fingerprint density at radius 1 is 1.28 bits per heavy atom. The zero-order valence-electron chi connectivity index (χ0n) is 9.66. The highest BCUT2D eigenvalue weighted by Crippen LogP contribution is 2.35. The third kappa shape index (κ3) is 2.89. The number of benzene rings is 1. The van der Waals surface area contributed by atoms with Gasteiger partial charge in [0, 0.05) is 6.54 Å². The Labute approximate surface area is 103 Å². The van der Waals surface area contributed by atoms with Crippen molar-refractivity contribution in [3.63, 3.8) is 0 Å². The van der Waals surface area contributed by atoms with E-state index in [2.05, 4.69) is 5.32 Å². The first-order valence-electron chi connectivity index (χ1n) is 5.18. The Bertz CT molecular complexity index is 424. The fourth-order valence-corrected chi connectivity index (χ4v) is 1.56. The lowest BCUT2D eigenvalue weighted by atomic mass is 10.00. The molecular weight excluding hydrogens is 242 g/mol. The minimum Gasteiger partial charge on any atom is -0.507 e. The van der Waals surface area contributed by atoms with E-state index >= 15 is 0 Å². The first kappa shape index (κ1) is 14.2. The summed E-state index contributed by atoms with van der Waals surface area (Å²) in [6.45, 7) is 0.0424. The molecule has 100 valence electrons. The molecule has 0 aliphatic heterocycles. The fraction of sp³-hybridized carbons (Fsp3) is 0.364. The second-order valence-corrected chi connectivity index (χ2v) is 3.80. The van der Waals surface area contributed by atoms with Crippen LogP contribution in [0.4, 0.5) is 0 Å². The van der Waals surface area contributed by atoms with Crippen LogP contribution < -0.4 is 5.32 Å². The number of carboxylic acids is 1. The smallest absolute Gasteiger partial charge is 0.335 e. The first-order valence-corrected chi connectivity index (χ1v) is 5.18. The Morgan fingerprint density at radius 3 is 2.17 bits per heavy atom. The Morgan fingerprint density at radius 2 is 1.78 bits per heavy atom. The van der Waals surface area contributed by atoms with Gasteiger partial charge in [-0.15, -0.1) is 0 Å². The Kier molecular flexibility index (Phi) is 4.49. The van der Waals surface area contributed by atoms with Crippen LogP contribution in [0.2, 0.25) is 0 Å². The van der Waals surface area contributed by atoms with Crippen molar-refractivity contribution in [1.29, 1.82) is 0 Å². The Balaban J connectivity index is 3.13. The van der Waals surface area contributed by atoms with Gasteiger partial charge in [0.25, 0.3) is 0 Å². The number of hydrogen-bond acceptors (Lipinski definition) is 6. The van der Waals surface area contributed by atoms with Crippen molar-refractivity contribution in [2.24, 2.45) is 0 Å². The molecule has 0 heterocycles. The van der Waals surface area contributed by atoms with Crippen LogP contribution in [0.1, 0.15) is 22.0 Å². The summed E-state index contributed by atoms with van der Waals surface area (Å²) >= 11 is 0. The summed E-state index contributed by atoms with van der Waals surface area (Å²) < 4.78 is 0. The zero-order chi connectivity index (χ0) is 13.9. The predicted molar refractivity (Wildman–Crippen MR) is 61.6 cm³/mol. The molecule has 1 rings (SSSR count).